The third-order valence-corrected chi connectivity index (χ3v) is 6.82. The average Bonchev–Trinajstić information content (AvgIpc) is 3.30. The third-order valence-electron chi connectivity index (χ3n) is 6.82. The van der Waals surface area contributed by atoms with Gasteiger partial charge >= 0.3 is 0 Å². The molecule has 1 amide bonds. The minimum atomic E-state index is 0.0749. The third kappa shape index (κ3) is 4.56. The number of aryl methyl sites for hydroxylation is 1. The van der Waals surface area contributed by atoms with Crippen molar-refractivity contribution in [1.29, 1.82) is 0 Å². The van der Waals surface area contributed by atoms with Crippen LogP contribution in [-0.4, -0.2) is 56.7 Å². The molecule has 37 heavy (non-hydrogen) atoms. The number of piperazine rings is 1. The molecule has 0 spiro atoms. The van der Waals surface area contributed by atoms with Crippen LogP contribution in [0.15, 0.2) is 91.0 Å². The number of carbonyl (C=O) groups is 1. The van der Waals surface area contributed by atoms with Gasteiger partial charge in [0.05, 0.1) is 16.8 Å². The molecule has 0 atom stereocenters. The number of carbonyl (C=O) groups excluding carboxylic acids is 1. The van der Waals surface area contributed by atoms with Crippen LogP contribution in [0.5, 0.6) is 0 Å². The van der Waals surface area contributed by atoms with E-state index in [0.29, 0.717) is 32.6 Å². The summed E-state index contributed by atoms with van der Waals surface area (Å²) in [6.07, 6.45) is 0.634. The highest BCUT2D eigenvalue weighted by Gasteiger charge is 2.27. The molecule has 0 N–H and O–H groups in total. The van der Waals surface area contributed by atoms with E-state index in [-0.39, 0.29) is 5.91 Å². The van der Waals surface area contributed by atoms with Gasteiger partial charge in [0.25, 0.3) is 5.91 Å². The van der Waals surface area contributed by atoms with Crippen molar-refractivity contribution in [3.8, 4) is 5.69 Å². The monoisotopic (exact) mass is 488 g/mol. The van der Waals surface area contributed by atoms with Gasteiger partial charge in [-0.1, -0.05) is 66.7 Å². The molecular formula is C30H28N6O. The van der Waals surface area contributed by atoms with Crippen LogP contribution < -0.4 is 4.90 Å². The fraction of sp³-hybridized carbons (Fsp3) is 0.200. The van der Waals surface area contributed by atoms with Crippen LogP contribution in [0.2, 0.25) is 0 Å². The van der Waals surface area contributed by atoms with Crippen LogP contribution in [0.3, 0.4) is 0 Å². The Bertz CT molecular complexity index is 1520. The lowest BCUT2D eigenvalue weighted by Crippen LogP contribution is -2.49. The molecule has 2 aromatic heterocycles. The molecule has 0 unspecified atom stereocenters. The minimum Gasteiger partial charge on any atom is -0.352 e. The molecule has 1 aliphatic rings. The summed E-state index contributed by atoms with van der Waals surface area (Å²) >= 11 is 0. The Balaban J connectivity index is 1.37. The predicted molar refractivity (Wildman–Crippen MR) is 145 cm³/mol. The number of amides is 1. The Morgan fingerprint density at radius 2 is 1.41 bits per heavy atom. The van der Waals surface area contributed by atoms with Gasteiger partial charge in [0, 0.05) is 38.2 Å². The molecule has 3 heterocycles. The summed E-state index contributed by atoms with van der Waals surface area (Å²) in [4.78, 5) is 27.3. The van der Waals surface area contributed by atoms with E-state index >= 15 is 0 Å². The molecule has 1 fully saturated rings. The van der Waals surface area contributed by atoms with Gasteiger partial charge in [-0.25, -0.2) is 14.6 Å². The predicted octanol–water partition coefficient (Wildman–Crippen LogP) is 4.68. The fourth-order valence-corrected chi connectivity index (χ4v) is 4.93. The molecular weight excluding hydrogens is 460 g/mol. The van der Waals surface area contributed by atoms with Gasteiger partial charge in [0.2, 0.25) is 0 Å². The van der Waals surface area contributed by atoms with Crippen LogP contribution in [0.25, 0.3) is 16.7 Å². The van der Waals surface area contributed by atoms with Crippen LogP contribution in [-0.2, 0) is 6.42 Å². The van der Waals surface area contributed by atoms with E-state index in [1.165, 1.54) is 0 Å². The number of para-hydroxylation sites is 1. The SMILES string of the molecule is Cc1nn(-c2ccccc2)c2nc(Cc3ccccc3)nc(N3CCN(C(=O)c4ccccc4)CC3)c12. The summed E-state index contributed by atoms with van der Waals surface area (Å²) in [6.45, 7) is 4.69. The molecule has 0 radical (unpaired) electrons. The van der Waals surface area contributed by atoms with Crippen molar-refractivity contribution in [1.82, 2.24) is 24.6 Å². The van der Waals surface area contributed by atoms with Crippen LogP contribution in [0, 0.1) is 6.92 Å². The molecule has 5 aromatic rings. The highest BCUT2D eigenvalue weighted by molar-refractivity contribution is 5.95. The maximum atomic E-state index is 13.0. The lowest BCUT2D eigenvalue weighted by Gasteiger charge is -2.35. The van der Waals surface area contributed by atoms with Crippen molar-refractivity contribution in [2.24, 2.45) is 0 Å². The Labute approximate surface area is 216 Å². The summed E-state index contributed by atoms with van der Waals surface area (Å²) in [5, 5.41) is 5.83. The molecule has 0 bridgehead atoms. The first-order valence-corrected chi connectivity index (χ1v) is 12.6. The topological polar surface area (TPSA) is 67.2 Å². The number of fused-ring (bicyclic) bond motifs is 1. The number of rotatable bonds is 5. The first kappa shape index (κ1) is 22.9. The molecule has 0 saturated carbocycles. The standard InChI is InChI=1S/C30H28N6O/c1-22-27-28(34-17-19-35(20-18-34)30(37)24-13-7-3-8-14-24)31-26(21-23-11-5-2-6-12-23)32-29(27)36(33-22)25-15-9-4-10-16-25/h2-16H,17-21H2,1H3. The Kier molecular flexibility index (Phi) is 6.10. The van der Waals surface area contributed by atoms with Crippen molar-refractivity contribution < 1.29 is 4.79 Å². The van der Waals surface area contributed by atoms with Gasteiger partial charge in [0.1, 0.15) is 11.6 Å². The largest absolute Gasteiger partial charge is 0.352 e. The maximum absolute atomic E-state index is 13.0. The van der Waals surface area contributed by atoms with E-state index in [9.17, 15) is 4.79 Å². The zero-order valence-electron chi connectivity index (χ0n) is 20.8. The van der Waals surface area contributed by atoms with Crippen molar-refractivity contribution in [2.75, 3.05) is 31.1 Å². The van der Waals surface area contributed by atoms with Gasteiger partial charge in [-0.3, -0.25) is 4.79 Å². The number of aromatic nitrogens is 4. The van der Waals surface area contributed by atoms with Crippen LogP contribution in [0.4, 0.5) is 5.82 Å². The summed E-state index contributed by atoms with van der Waals surface area (Å²) in [6, 6.07) is 29.9. The first-order valence-electron chi connectivity index (χ1n) is 12.6. The number of hydrogen-bond donors (Lipinski definition) is 0. The average molecular weight is 489 g/mol. The van der Waals surface area contributed by atoms with Gasteiger partial charge in [0.15, 0.2) is 5.65 Å². The number of nitrogens with zero attached hydrogens (tertiary/aromatic N) is 6. The molecule has 1 saturated heterocycles. The van der Waals surface area contributed by atoms with Crippen molar-refractivity contribution in [2.45, 2.75) is 13.3 Å². The summed E-state index contributed by atoms with van der Waals surface area (Å²) in [5.74, 6) is 1.72. The number of hydrogen-bond acceptors (Lipinski definition) is 5. The second kappa shape index (κ2) is 9.85. The maximum Gasteiger partial charge on any atom is 0.253 e. The van der Waals surface area contributed by atoms with E-state index in [0.717, 1.165) is 45.2 Å². The number of benzene rings is 3. The summed E-state index contributed by atoms with van der Waals surface area (Å²) in [5.41, 5.74) is 4.55. The van der Waals surface area contributed by atoms with Gasteiger partial charge in [-0.15, -0.1) is 0 Å². The lowest BCUT2D eigenvalue weighted by molar-refractivity contribution is 0.0746. The van der Waals surface area contributed by atoms with Crippen molar-refractivity contribution >= 4 is 22.8 Å². The molecule has 6 rings (SSSR count). The van der Waals surface area contributed by atoms with Gasteiger partial charge in [-0.05, 0) is 36.8 Å². The fourth-order valence-electron chi connectivity index (χ4n) is 4.93. The molecule has 3 aromatic carbocycles. The summed E-state index contributed by atoms with van der Waals surface area (Å²) < 4.78 is 1.92. The normalized spacial score (nSPS) is 13.8. The highest BCUT2D eigenvalue weighted by Crippen LogP contribution is 2.30. The van der Waals surface area contributed by atoms with E-state index in [4.69, 9.17) is 15.1 Å². The minimum absolute atomic E-state index is 0.0749. The van der Waals surface area contributed by atoms with E-state index < -0.39 is 0 Å². The molecule has 7 heteroatoms. The van der Waals surface area contributed by atoms with Crippen LogP contribution >= 0.6 is 0 Å². The molecule has 184 valence electrons. The van der Waals surface area contributed by atoms with E-state index in [1.54, 1.807) is 0 Å². The van der Waals surface area contributed by atoms with Crippen molar-refractivity contribution in [3.63, 3.8) is 0 Å². The van der Waals surface area contributed by atoms with Crippen molar-refractivity contribution in [3.05, 3.63) is 114 Å². The lowest BCUT2D eigenvalue weighted by atomic mass is 10.1. The second-order valence-corrected chi connectivity index (χ2v) is 9.30. The quantitative estimate of drug-likeness (QED) is 0.360. The van der Waals surface area contributed by atoms with E-state index in [2.05, 4.69) is 17.0 Å². The zero-order chi connectivity index (χ0) is 25.2. The molecule has 0 aliphatic carbocycles. The van der Waals surface area contributed by atoms with Crippen LogP contribution in [0.1, 0.15) is 27.4 Å². The Hall–Kier alpha value is -4.52. The molecule has 1 aliphatic heterocycles. The molecule has 7 nitrogen and oxygen atoms in total. The smallest absolute Gasteiger partial charge is 0.253 e. The van der Waals surface area contributed by atoms with Gasteiger partial charge in [-0.2, -0.15) is 5.10 Å². The zero-order valence-corrected chi connectivity index (χ0v) is 20.8. The van der Waals surface area contributed by atoms with E-state index in [1.807, 2.05) is 95.4 Å². The Morgan fingerprint density at radius 1 is 0.784 bits per heavy atom. The van der Waals surface area contributed by atoms with Gasteiger partial charge < -0.3 is 9.80 Å². The summed E-state index contributed by atoms with van der Waals surface area (Å²) in [7, 11) is 0. The second-order valence-electron chi connectivity index (χ2n) is 9.30. The number of anilines is 1. The Morgan fingerprint density at radius 3 is 2.08 bits per heavy atom. The highest BCUT2D eigenvalue weighted by atomic mass is 16.2. The first-order chi connectivity index (χ1) is 18.2.